The summed E-state index contributed by atoms with van der Waals surface area (Å²) in [6.45, 7) is 1.73. The quantitative estimate of drug-likeness (QED) is 0.352. The average Bonchev–Trinajstić information content (AvgIpc) is 2.70. The maximum Gasteiger partial charge on any atom is 0.373 e. The van der Waals surface area contributed by atoms with Gasteiger partial charge in [-0.15, -0.1) is 0 Å². The highest BCUT2D eigenvalue weighted by atomic mass is 16.5. The molecule has 80 valence electrons. The molecule has 0 aliphatic rings. The van der Waals surface area contributed by atoms with Crippen LogP contribution in [0.4, 0.5) is 0 Å². The van der Waals surface area contributed by atoms with Gasteiger partial charge in [0.1, 0.15) is 0 Å². The molecule has 0 saturated heterocycles. The number of furan rings is 1. The fraction of sp³-hybridized carbons (Fsp3) is 0.200. The Bertz CT molecular complexity index is 375. The van der Waals surface area contributed by atoms with Crippen LogP contribution in [0.2, 0.25) is 0 Å². The van der Waals surface area contributed by atoms with E-state index in [0.29, 0.717) is 0 Å². The lowest BCUT2D eigenvalue weighted by Gasteiger charge is -1.98. The largest absolute Gasteiger partial charge is 0.502 e. The van der Waals surface area contributed by atoms with E-state index in [9.17, 15) is 9.59 Å². The number of ketones is 1. The molecular formula is C10H10O5. The first-order valence-electron chi connectivity index (χ1n) is 4.30. The fourth-order valence-electron chi connectivity index (χ4n) is 0.878. The van der Waals surface area contributed by atoms with Crippen molar-refractivity contribution >= 4 is 11.8 Å². The van der Waals surface area contributed by atoms with Crippen molar-refractivity contribution in [1.82, 2.24) is 0 Å². The molecule has 0 aromatic carbocycles. The second-order valence-electron chi connectivity index (χ2n) is 2.59. The molecule has 1 rings (SSSR count). The molecule has 0 spiro atoms. The topological polar surface area (TPSA) is 76.7 Å². The summed E-state index contributed by atoms with van der Waals surface area (Å²) < 4.78 is 9.26. The van der Waals surface area contributed by atoms with Crippen LogP contribution in [0, 0.1) is 0 Å². The van der Waals surface area contributed by atoms with Gasteiger partial charge in [-0.25, -0.2) is 4.79 Å². The minimum absolute atomic E-state index is 0.0471. The molecule has 0 amide bonds. The molecule has 1 aromatic heterocycles. The second-order valence-corrected chi connectivity index (χ2v) is 2.59. The first-order valence-corrected chi connectivity index (χ1v) is 4.30. The number of esters is 1. The van der Waals surface area contributed by atoms with E-state index in [0.717, 1.165) is 6.08 Å². The number of aliphatic hydroxyl groups excluding tert-OH is 1. The zero-order valence-corrected chi connectivity index (χ0v) is 8.10. The number of carbonyl (C=O) groups excluding carboxylic acids is 2. The van der Waals surface area contributed by atoms with Crippen molar-refractivity contribution in [2.45, 2.75) is 6.92 Å². The van der Waals surface area contributed by atoms with Crippen molar-refractivity contribution in [3.63, 3.8) is 0 Å². The molecule has 0 unspecified atom stereocenters. The summed E-state index contributed by atoms with van der Waals surface area (Å²) in [5, 5.41) is 9.14. The van der Waals surface area contributed by atoms with E-state index >= 15 is 0 Å². The van der Waals surface area contributed by atoms with Crippen LogP contribution < -0.4 is 0 Å². The zero-order valence-electron chi connectivity index (χ0n) is 8.10. The molecule has 1 aromatic rings. The molecule has 1 heterocycles. The summed E-state index contributed by atoms with van der Waals surface area (Å²) in [4.78, 5) is 22.2. The van der Waals surface area contributed by atoms with Crippen LogP contribution >= 0.6 is 0 Å². The summed E-state index contributed by atoms with van der Waals surface area (Å²) in [5.74, 6) is -2.22. The highest BCUT2D eigenvalue weighted by Gasteiger charge is 2.13. The van der Waals surface area contributed by atoms with Gasteiger partial charge in [-0.05, 0) is 19.1 Å². The summed E-state index contributed by atoms with van der Waals surface area (Å²) >= 11 is 0. The predicted molar refractivity (Wildman–Crippen MR) is 50.4 cm³/mol. The number of rotatable bonds is 4. The number of carbonyl (C=O) groups is 2. The number of ether oxygens (including phenoxy) is 1. The average molecular weight is 210 g/mol. The van der Waals surface area contributed by atoms with Gasteiger partial charge in [0.05, 0.1) is 12.9 Å². The Labute approximate surface area is 86.0 Å². The minimum Gasteiger partial charge on any atom is -0.502 e. The van der Waals surface area contributed by atoms with Crippen molar-refractivity contribution in [3.05, 3.63) is 36.0 Å². The van der Waals surface area contributed by atoms with Gasteiger partial charge >= 0.3 is 5.97 Å². The monoisotopic (exact) mass is 210 g/mol. The molecule has 0 atom stereocenters. The lowest BCUT2D eigenvalue weighted by atomic mass is 10.2. The summed E-state index contributed by atoms with van der Waals surface area (Å²) in [6.07, 6.45) is 2.08. The highest BCUT2D eigenvalue weighted by molar-refractivity contribution is 6.06. The van der Waals surface area contributed by atoms with E-state index in [4.69, 9.17) is 9.52 Å². The molecule has 1 N–H and O–H groups in total. The Morgan fingerprint density at radius 1 is 1.60 bits per heavy atom. The van der Waals surface area contributed by atoms with Crippen LogP contribution in [0.3, 0.4) is 0 Å². The number of hydrogen-bond acceptors (Lipinski definition) is 5. The lowest BCUT2D eigenvalue weighted by molar-refractivity contribution is -0.141. The molecule has 0 fully saturated rings. The molecule has 0 saturated carbocycles. The maximum absolute atomic E-state index is 11.3. The Morgan fingerprint density at radius 2 is 2.33 bits per heavy atom. The SMILES string of the molecule is CCOC(=O)/C(O)=C/C(=O)c1ccco1. The van der Waals surface area contributed by atoms with E-state index in [1.165, 1.54) is 18.4 Å². The van der Waals surface area contributed by atoms with Crippen molar-refractivity contribution in [2.75, 3.05) is 6.61 Å². The fourth-order valence-corrected chi connectivity index (χ4v) is 0.878. The Balaban J connectivity index is 2.71. The van der Waals surface area contributed by atoms with Gasteiger partial charge in [0.25, 0.3) is 0 Å². The van der Waals surface area contributed by atoms with Crippen LogP contribution in [-0.4, -0.2) is 23.5 Å². The number of allylic oxidation sites excluding steroid dienone is 1. The predicted octanol–water partition coefficient (Wildman–Crippen LogP) is 1.47. The minimum atomic E-state index is -0.933. The van der Waals surface area contributed by atoms with E-state index in [-0.39, 0.29) is 12.4 Å². The third-order valence-corrected chi connectivity index (χ3v) is 1.52. The van der Waals surface area contributed by atoms with Gasteiger partial charge in [0, 0.05) is 6.08 Å². The lowest BCUT2D eigenvalue weighted by Crippen LogP contribution is -2.09. The van der Waals surface area contributed by atoms with Crippen molar-refractivity contribution in [1.29, 1.82) is 0 Å². The Hall–Kier alpha value is -2.04. The Kier molecular flexibility index (Phi) is 3.68. The number of hydrogen-bond donors (Lipinski definition) is 1. The highest BCUT2D eigenvalue weighted by Crippen LogP contribution is 2.04. The van der Waals surface area contributed by atoms with Crippen LogP contribution in [0.1, 0.15) is 17.5 Å². The van der Waals surface area contributed by atoms with Crippen molar-refractivity contribution in [2.24, 2.45) is 0 Å². The van der Waals surface area contributed by atoms with Gasteiger partial charge in [0.2, 0.25) is 11.5 Å². The first kappa shape index (κ1) is 11.0. The third-order valence-electron chi connectivity index (χ3n) is 1.52. The standard InChI is InChI=1S/C10H10O5/c1-2-14-10(13)8(12)6-7(11)9-4-3-5-15-9/h3-6,12H,2H2,1H3/b8-6-. The Morgan fingerprint density at radius 3 is 2.87 bits per heavy atom. The zero-order chi connectivity index (χ0) is 11.3. The normalized spacial score (nSPS) is 11.1. The first-order chi connectivity index (χ1) is 7.15. The summed E-state index contributed by atoms with van der Waals surface area (Å²) in [5.41, 5.74) is 0. The molecule has 5 heteroatoms. The molecule has 15 heavy (non-hydrogen) atoms. The van der Waals surface area contributed by atoms with E-state index in [1.54, 1.807) is 6.92 Å². The van der Waals surface area contributed by atoms with Gasteiger partial charge in [-0.1, -0.05) is 0 Å². The van der Waals surface area contributed by atoms with Crippen LogP contribution in [0.15, 0.2) is 34.6 Å². The van der Waals surface area contributed by atoms with E-state index in [2.05, 4.69) is 4.74 Å². The summed E-state index contributed by atoms with van der Waals surface area (Å²) in [6, 6.07) is 2.96. The molecule has 0 aliphatic carbocycles. The summed E-state index contributed by atoms with van der Waals surface area (Å²) in [7, 11) is 0. The van der Waals surface area contributed by atoms with Gasteiger partial charge < -0.3 is 14.3 Å². The van der Waals surface area contributed by atoms with Gasteiger partial charge in [-0.3, -0.25) is 4.79 Å². The smallest absolute Gasteiger partial charge is 0.373 e. The van der Waals surface area contributed by atoms with Crippen LogP contribution in [0.5, 0.6) is 0 Å². The molecule has 5 nitrogen and oxygen atoms in total. The van der Waals surface area contributed by atoms with Crippen molar-refractivity contribution in [3.8, 4) is 0 Å². The van der Waals surface area contributed by atoms with E-state index < -0.39 is 17.5 Å². The molecular weight excluding hydrogens is 200 g/mol. The van der Waals surface area contributed by atoms with Crippen molar-refractivity contribution < 1.29 is 23.8 Å². The van der Waals surface area contributed by atoms with Gasteiger partial charge in [-0.2, -0.15) is 0 Å². The third kappa shape index (κ3) is 2.98. The second kappa shape index (κ2) is 4.99. The number of aliphatic hydroxyl groups is 1. The molecule has 0 radical (unpaired) electrons. The maximum atomic E-state index is 11.3. The molecule has 0 aliphatic heterocycles. The van der Waals surface area contributed by atoms with E-state index in [1.807, 2.05) is 0 Å². The molecule has 0 bridgehead atoms. The van der Waals surface area contributed by atoms with Crippen LogP contribution in [0.25, 0.3) is 0 Å². The van der Waals surface area contributed by atoms with Gasteiger partial charge in [0.15, 0.2) is 5.76 Å². The van der Waals surface area contributed by atoms with Crippen LogP contribution in [-0.2, 0) is 9.53 Å².